The first-order chi connectivity index (χ1) is 16.9. The second-order valence-corrected chi connectivity index (χ2v) is 13.7. The number of rotatable bonds is 5. The lowest BCUT2D eigenvalue weighted by Crippen LogP contribution is -2.60. The number of allylic oxidation sites excluding steroid dienone is 1. The third-order valence-corrected chi connectivity index (χ3v) is 11.5. The van der Waals surface area contributed by atoms with E-state index in [1.165, 1.54) is 13.0 Å². The van der Waals surface area contributed by atoms with E-state index in [9.17, 15) is 29.7 Å². The van der Waals surface area contributed by atoms with Gasteiger partial charge in [-0.15, -0.1) is 0 Å². The van der Waals surface area contributed by atoms with E-state index < -0.39 is 45.9 Å². The Kier molecular flexibility index (Phi) is 6.74. The van der Waals surface area contributed by atoms with Gasteiger partial charge in [-0.2, -0.15) is 0 Å². The van der Waals surface area contributed by atoms with Crippen molar-refractivity contribution < 1.29 is 34.8 Å². The number of hydrogen-bond acceptors (Lipinski definition) is 6. The van der Waals surface area contributed by atoms with Crippen LogP contribution < -0.4 is 0 Å². The van der Waals surface area contributed by atoms with Crippen LogP contribution in [0.1, 0.15) is 87.0 Å². The average molecular weight is 517 g/mol. The molecular formula is C30H44O7. The first kappa shape index (κ1) is 28.2. The maximum Gasteiger partial charge on any atom is 0.331 e. The Morgan fingerprint density at radius 1 is 1.11 bits per heavy atom. The number of Topliss-reactive ketones (excluding diaryl/α,β-unsaturated/α-hetero) is 2. The van der Waals surface area contributed by atoms with E-state index in [0.717, 1.165) is 0 Å². The molecule has 206 valence electrons. The van der Waals surface area contributed by atoms with Crippen molar-refractivity contribution in [1.29, 1.82) is 0 Å². The van der Waals surface area contributed by atoms with Gasteiger partial charge in [0.2, 0.25) is 0 Å². The topological polar surface area (TPSA) is 132 Å². The molecule has 4 rings (SSSR count). The van der Waals surface area contributed by atoms with Gasteiger partial charge in [-0.3, -0.25) is 9.59 Å². The van der Waals surface area contributed by atoms with Gasteiger partial charge in [0.15, 0.2) is 5.78 Å². The van der Waals surface area contributed by atoms with Crippen molar-refractivity contribution in [2.75, 3.05) is 0 Å². The number of carboxylic acids is 1. The van der Waals surface area contributed by atoms with Crippen LogP contribution in [0, 0.1) is 39.4 Å². The first-order valence-corrected chi connectivity index (χ1v) is 13.7. The van der Waals surface area contributed by atoms with Crippen LogP contribution in [0.15, 0.2) is 22.8 Å². The summed E-state index contributed by atoms with van der Waals surface area (Å²) in [5, 5.41) is 43.0. The Morgan fingerprint density at radius 3 is 2.32 bits per heavy atom. The van der Waals surface area contributed by atoms with Crippen molar-refractivity contribution in [2.24, 2.45) is 39.4 Å². The van der Waals surface area contributed by atoms with E-state index in [1.807, 2.05) is 34.6 Å². The summed E-state index contributed by atoms with van der Waals surface area (Å²) in [6, 6.07) is 0. The quantitative estimate of drug-likeness (QED) is 0.408. The van der Waals surface area contributed by atoms with Crippen molar-refractivity contribution in [2.45, 2.75) is 105 Å². The average Bonchev–Trinajstić information content (AvgIpc) is 2.99. The summed E-state index contributed by atoms with van der Waals surface area (Å²) in [6.07, 6.45) is 1.04. The fraction of sp³-hybridized carbons (Fsp3) is 0.767. The van der Waals surface area contributed by atoms with E-state index in [4.69, 9.17) is 5.11 Å². The first-order valence-electron chi connectivity index (χ1n) is 13.7. The molecule has 37 heavy (non-hydrogen) atoms. The highest BCUT2D eigenvalue weighted by molar-refractivity contribution is 6.01. The summed E-state index contributed by atoms with van der Waals surface area (Å²) < 4.78 is 0. The molecule has 0 aromatic heterocycles. The smallest absolute Gasteiger partial charge is 0.331 e. The molecule has 0 bridgehead atoms. The molecule has 9 atom stereocenters. The number of carbonyl (C=O) groups is 3. The standard InChI is InChI=1S/C30H44O7/c1-15(10-17(31)11-16(2)26(36)37)18-12-23(35)30(7)25-19(32)13-21-27(3,4)22(34)8-9-28(21,5)24(25)20(33)14-29(18,30)6/h11,15,17-19,21,23,31-32,35H,8-10,12-14H2,1-7H3,(H,36,37). The lowest BCUT2D eigenvalue weighted by molar-refractivity contribution is -0.146. The van der Waals surface area contributed by atoms with Crippen LogP contribution in [0.25, 0.3) is 0 Å². The number of aliphatic carboxylic acids is 1. The zero-order valence-corrected chi connectivity index (χ0v) is 23.3. The molecule has 0 saturated heterocycles. The van der Waals surface area contributed by atoms with Crippen molar-refractivity contribution in [3.8, 4) is 0 Å². The SMILES string of the molecule is CC(=CC(O)CC(C)C1CC(O)C2(C)C3=C(C(=O)CC12C)C1(C)CCC(=O)C(C)(C)C1CC3O)C(=O)O. The predicted octanol–water partition coefficient (Wildman–Crippen LogP) is 3.84. The van der Waals surface area contributed by atoms with E-state index in [0.29, 0.717) is 43.3 Å². The lowest BCUT2D eigenvalue weighted by Gasteiger charge is -2.61. The fourth-order valence-electron chi connectivity index (χ4n) is 9.16. The highest BCUT2D eigenvalue weighted by Crippen LogP contribution is 2.71. The van der Waals surface area contributed by atoms with Gasteiger partial charge in [0.1, 0.15) is 5.78 Å². The van der Waals surface area contributed by atoms with Gasteiger partial charge in [0.25, 0.3) is 0 Å². The second-order valence-electron chi connectivity index (χ2n) is 13.7. The molecule has 0 aromatic rings. The van der Waals surface area contributed by atoms with Gasteiger partial charge >= 0.3 is 5.97 Å². The molecule has 4 aliphatic rings. The highest BCUT2D eigenvalue weighted by atomic mass is 16.4. The Hall–Kier alpha value is -1.83. The van der Waals surface area contributed by atoms with Crippen molar-refractivity contribution in [3.05, 3.63) is 22.8 Å². The van der Waals surface area contributed by atoms with Gasteiger partial charge < -0.3 is 20.4 Å². The summed E-state index contributed by atoms with van der Waals surface area (Å²) in [6.45, 7) is 13.4. The van der Waals surface area contributed by atoms with Gasteiger partial charge in [-0.05, 0) is 67.4 Å². The van der Waals surface area contributed by atoms with E-state index in [1.54, 1.807) is 0 Å². The van der Waals surface area contributed by atoms with Gasteiger partial charge in [-0.25, -0.2) is 4.79 Å². The number of fused-ring (bicyclic) bond motifs is 4. The van der Waals surface area contributed by atoms with Crippen LogP contribution in [0.2, 0.25) is 0 Å². The van der Waals surface area contributed by atoms with Crippen LogP contribution in [0.3, 0.4) is 0 Å². The highest BCUT2D eigenvalue weighted by Gasteiger charge is 2.70. The van der Waals surface area contributed by atoms with Crippen LogP contribution in [-0.2, 0) is 14.4 Å². The Morgan fingerprint density at radius 2 is 1.73 bits per heavy atom. The van der Waals surface area contributed by atoms with E-state index >= 15 is 0 Å². The largest absolute Gasteiger partial charge is 0.478 e. The molecule has 0 aliphatic heterocycles. The maximum atomic E-state index is 14.1. The van der Waals surface area contributed by atoms with Crippen molar-refractivity contribution >= 4 is 17.5 Å². The molecule has 4 aliphatic carbocycles. The molecule has 0 amide bonds. The molecular weight excluding hydrogens is 472 g/mol. The Labute approximate surface area is 220 Å². The van der Waals surface area contributed by atoms with E-state index in [2.05, 4.69) is 6.92 Å². The zero-order valence-electron chi connectivity index (χ0n) is 23.3. The van der Waals surface area contributed by atoms with Crippen molar-refractivity contribution in [3.63, 3.8) is 0 Å². The second kappa shape index (κ2) is 8.85. The molecule has 0 aromatic carbocycles. The van der Waals surface area contributed by atoms with Crippen molar-refractivity contribution in [1.82, 2.24) is 0 Å². The minimum Gasteiger partial charge on any atom is -0.478 e. The summed E-state index contributed by atoms with van der Waals surface area (Å²) >= 11 is 0. The molecule has 7 nitrogen and oxygen atoms in total. The summed E-state index contributed by atoms with van der Waals surface area (Å²) in [4.78, 5) is 38.1. The maximum absolute atomic E-state index is 14.1. The van der Waals surface area contributed by atoms with Crippen LogP contribution in [0.4, 0.5) is 0 Å². The summed E-state index contributed by atoms with van der Waals surface area (Å²) in [5.41, 5.74) is -1.26. The monoisotopic (exact) mass is 516 g/mol. The number of carboxylic acid groups (broad SMARTS) is 1. The number of aliphatic hydroxyl groups excluding tert-OH is 3. The van der Waals surface area contributed by atoms with Gasteiger partial charge in [0.05, 0.1) is 18.3 Å². The number of aliphatic hydroxyl groups is 3. The number of ketones is 2. The molecule has 0 radical (unpaired) electrons. The predicted molar refractivity (Wildman–Crippen MR) is 138 cm³/mol. The van der Waals surface area contributed by atoms with Crippen LogP contribution in [-0.4, -0.2) is 56.3 Å². The van der Waals surface area contributed by atoms with Crippen LogP contribution in [0.5, 0.6) is 0 Å². The molecule has 2 fully saturated rings. The normalized spacial score (nSPS) is 43.1. The summed E-state index contributed by atoms with van der Waals surface area (Å²) in [7, 11) is 0. The van der Waals surface area contributed by atoms with Crippen LogP contribution >= 0.6 is 0 Å². The van der Waals surface area contributed by atoms with Gasteiger partial charge in [-0.1, -0.05) is 41.5 Å². The Bertz CT molecular complexity index is 1090. The molecule has 4 N–H and O–H groups in total. The molecule has 9 unspecified atom stereocenters. The molecule has 7 heteroatoms. The van der Waals surface area contributed by atoms with Gasteiger partial charge in [0, 0.05) is 40.2 Å². The molecule has 0 spiro atoms. The minimum atomic E-state index is -1.08. The Balaban J connectivity index is 1.77. The lowest BCUT2D eigenvalue weighted by atomic mass is 9.42. The fourth-order valence-corrected chi connectivity index (χ4v) is 9.16. The third kappa shape index (κ3) is 3.82. The molecule has 2 saturated carbocycles. The van der Waals surface area contributed by atoms with E-state index in [-0.39, 0.29) is 41.3 Å². The molecule has 0 heterocycles. The number of carbonyl (C=O) groups excluding carboxylic acids is 2. The minimum absolute atomic E-state index is 0.000148. The third-order valence-electron chi connectivity index (χ3n) is 11.5. The summed E-state index contributed by atoms with van der Waals surface area (Å²) in [5.74, 6) is -1.27. The zero-order chi connectivity index (χ0) is 27.9. The number of hydrogen-bond donors (Lipinski definition) is 4.